The number of nitrogens with zero attached hydrogens (tertiary/aromatic N) is 3. The molecule has 1 aliphatic rings. The molecule has 0 bridgehead atoms. The lowest BCUT2D eigenvalue weighted by Gasteiger charge is -2.36. The summed E-state index contributed by atoms with van der Waals surface area (Å²) < 4.78 is 23.7. The van der Waals surface area contributed by atoms with Crippen LogP contribution in [0, 0.1) is 5.82 Å². The Kier molecular flexibility index (Phi) is 5.15. The zero-order valence-electron chi connectivity index (χ0n) is 13.2. The van der Waals surface area contributed by atoms with E-state index in [1.807, 2.05) is 20.8 Å². The third kappa shape index (κ3) is 4.82. The van der Waals surface area contributed by atoms with Crippen LogP contribution in [0.4, 0.5) is 9.18 Å². The smallest absolute Gasteiger partial charge is 0.410 e. The van der Waals surface area contributed by atoms with Crippen LogP contribution in [0.15, 0.2) is 12.4 Å². The lowest BCUT2D eigenvalue weighted by atomic mass is 10.0. The first-order valence-corrected chi connectivity index (χ1v) is 7.45. The SMILES string of the molecule is CC(C)(C)OC(=O)N1CCCC[C@H]1COc1ncc(F)cn1. The summed E-state index contributed by atoms with van der Waals surface area (Å²) in [7, 11) is 0. The van der Waals surface area contributed by atoms with Crippen LogP contribution >= 0.6 is 0 Å². The number of amides is 1. The van der Waals surface area contributed by atoms with Crippen molar-refractivity contribution < 1.29 is 18.7 Å². The fraction of sp³-hybridized carbons (Fsp3) is 0.667. The standard InChI is InChI=1S/C15H22FN3O3/c1-15(2,3)22-14(20)19-7-5-4-6-12(19)10-21-13-17-8-11(16)9-18-13/h8-9,12H,4-7,10H2,1-3H3/t12-/m0/s1. The lowest BCUT2D eigenvalue weighted by molar-refractivity contribution is 0.00305. The summed E-state index contributed by atoms with van der Waals surface area (Å²) in [6.45, 7) is 6.43. The molecule has 0 spiro atoms. The van der Waals surface area contributed by atoms with E-state index in [4.69, 9.17) is 9.47 Å². The second-order valence-electron chi connectivity index (χ2n) is 6.32. The molecule has 1 fully saturated rings. The Morgan fingerprint density at radius 3 is 2.68 bits per heavy atom. The van der Waals surface area contributed by atoms with E-state index >= 15 is 0 Å². The molecule has 0 unspecified atom stereocenters. The van der Waals surface area contributed by atoms with Crippen LogP contribution in [0.5, 0.6) is 6.01 Å². The number of carbonyl (C=O) groups is 1. The van der Waals surface area contributed by atoms with Gasteiger partial charge in [0.25, 0.3) is 0 Å². The summed E-state index contributed by atoms with van der Waals surface area (Å²) in [5, 5.41) is 0. The minimum absolute atomic E-state index is 0.0859. The van der Waals surface area contributed by atoms with Gasteiger partial charge in [0.2, 0.25) is 0 Å². The maximum absolute atomic E-state index is 12.8. The Balaban J connectivity index is 1.94. The molecule has 2 rings (SSSR count). The van der Waals surface area contributed by atoms with Gasteiger partial charge < -0.3 is 14.4 Å². The normalized spacial score (nSPS) is 18.9. The number of carbonyl (C=O) groups excluding carboxylic acids is 1. The summed E-state index contributed by atoms with van der Waals surface area (Å²) >= 11 is 0. The molecule has 22 heavy (non-hydrogen) atoms. The predicted octanol–water partition coefficient (Wildman–Crippen LogP) is 2.78. The largest absolute Gasteiger partial charge is 0.461 e. The number of aromatic nitrogens is 2. The second-order valence-corrected chi connectivity index (χ2v) is 6.32. The summed E-state index contributed by atoms with van der Waals surface area (Å²) in [6, 6.07) is 0.0216. The number of ether oxygens (including phenoxy) is 2. The van der Waals surface area contributed by atoms with Crippen molar-refractivity contribution in [2.45, 2.75) is 51.7 Å². The van der Waals surface area contributed by atoms with Crippen LogP contribution in [0.3, 0.4) is 0 Å². The van der Waals surface area contributed by atoms with Gasteiger partial charge in [-0.25, -0.2) is 19.2 Å². The van der Waals surface area contributed by atoms with Crippen LogP contribution in [0.25, 0.3) is 0 Å². The topological polar surface area (TPSA) is 64.5 Å². The molecule has 1 aromatic rings. The van der Waals surface area contributed by atoms with Crippen molar-refractivity contribution in [3.8, 4) is 6.01 Å². The van der Waals surface area contributed by atoms with E-state index in [-0.39, 0.29) is 24.8 Å². The van der Waals surface area contributed by atoms with Crippen LogP contribution in [0.2, 0.25) is 0 Å². The molecule has 7 heteroatoms. The maximum Gasteiger partial charge on any atom is 0.410 e. The van der Waals surface area contributed by atoms with E-state index in [2.05, 4.69) is 9.97 Å². The van der Waals surface area contributed by atoms with Gasteiger partial charge in [-0.15, -0.1) is 0 Å². The first kappa shape index (κ1) is 16.5. The molecule has 122 valence electrons. The highest BCUT2D eigenvalue weighted by molar-refractivity contribution is 5.68. The fourth-order valence-electron chi connectivity index (χ4n) is 2.28. The number of piperidine rings is 1. The molecule has 2 heterocycles. The van der Waals surface area contributed by atoms with Crippen molar-refractivity contribution in [2.75, 3.05) is 13.2 Å². The van der Waals surface area contributed by atoms with Crippen LogP contribution in [-0.2, 0) is 4.74 Å². The lowest BCUT2D eigenvalue weighted by Crippen LogP contribution is -2.48. The van der Waals surface area contributed by atoms with Gasteiger partial charge in [-0.1, -0.05) is 0 Å². The van der Waals surface area contributed by atoms with Gasteiger partial charge in [-0.2, -0.15) is 0 Å². The van der Waals surface area contributed by atoms with E-state index in [1.54, 1.807) is 4.90 Å². The van der Waals surface area contributed by atoms with Crippen LogP contribution in [0.1, 0.15) is 40.0 Å². The van der Waals surface area contributed by atoms with Crippen LogP contribution < -0.4 is 4.74 Å². The van der Waals surface area contributed by atoms with Crippen molar-refractivity contribution in [2.24, 2.45) is 0 Å². The molecule has 6 nitrogen and oxygen atoms in total. The number of rotatable bonds is 3. The number of hydrogen-bond acceptors (Lipinski definition) is 5. The maximum atomic E-state index is 12.8. The first-order valence-electron chi connectivity index (χ1n) is 7.45. The molecule has 1 aromatic heterocycles. The Morgan fingerprint density at radius 2 is 2.05 bits per heavy atom. The molecule has 1 aliphatic heterocycles. The van der Waals surface area contributed by atoms with Crippen molar-refractivity contribution in [3.63, 3.8) is 0 Å². The molecule has 0 aromatic carbocycles. The highest BCUT2D eigenvalue weighted by Gasteiger charge is 2.31. The van der Waals surface area contributed by atoms with E-state index < -0.39 is 11.4 Å². The van der Waals surface area contributed by atoms with Gasteiger partial charge in [0.05, 0.1) is 18.4 Å². The molecule has 1 saturated heterocycles. The Labute approximate surface area is 129 Å². The molecule has 1 atom stereocenters. The van der Waals surface area contributed by atoms with Crippen molar-refractivity contribution in [1.29, 1.82) is 0 Å². The van der Waals surface area contributed by atoms with Crippen molar-refractivity contribution in [1.82, 2.24) is 14.9 Å². The van der Waals surface area contributed by atoms with Gasteiger partial charge >= 0.3 is 12.1 Å². The van der Waals surface area contributed by atoms with E-state index in [0.29, 0.717) is 6.54 Å². The molecule has 0 saturated carbocycles. The zero-order chi connectivity index (χ0) is 16.2. The molecule has 0 N–H and O–H groups in total. The molecular formula is C15H22FN3O3. The number of halogens is 1. The predicted molar refractivity (Wildman–Crippen MR) is 78.1 cm³/mol. The summed E-state index contributed by atoms with van der Waals surface area (Å²) in [5.41, 5.74) is -0.528. The molecule has 1 amide bonds. The van der Waals surface area contributed by atoms with Crippen molar-refractivity contribution >= 4 is 6.09 Å². The highest BCUT2D eigenvalue weighted by Crippen LogP contribution is 2.21. The molecule has 0 aliphatic carbocycles. The Bertz CT molecular complexity index is 502. The first-order chi connectivity index (χ1) is 10.3. The summed E-state index contributed by atoms with van der Waals surface area (Å²) in [4.78, 5) is 21.4. The van der Waals surface area contributed by atoms with E-state index in [1.165, 1.54) is 0 Å². The van der Waals surface area contributed by atoms with Gasteiger partial charge in [0.1, 0.15) is 12.2 Å². The van der Waals surface area contributed by atoms with E-state index in [0.717, 1.165) is 31.7 Å². The van der Waals surface area contributed by atoms with Gasteiger partial charge in [-0.3, -0.25) is 0 Å². The zero-order valence-corrected chi connectivity index (χ0v) is 13.2. The Hall–Kier alpha value is -1.92. The van der Waals surface area contributed by atoms with E-state index in [9.17, 15) is 9.18 Å². The quantitative estimate of drug-likeness (QED) is 0.859. The van der Waals surface area contributed by atoms with Crippen molar-refractivity contribution in [3.05, 3.63) is 18.2 Å². The molecular weight excluding hydrogens is 289 g/mol. The fourth-order valence-corrected chi connectivity index (χ4v) is 2.28. The summed E-state index contributed by atoms with van der Waals surface area (Å²) in [6.07, 6.45) is 4.57. The Morgan fingerprint density at radius 1 is 1.36 bits per heavy atom. The average molecular weight is 311 g/mol. The average Bonchev–Trinajstić information content (AvgIpc) is 2.45. The minimum atomic E-state index is -0.528. The minimum Gasteiger partial charge on any atom is -0.461 e. The molecule has 0 radical (unpaired) electrons. The summed E-state index contributed by atoms with van der Waals surface area (Å²) in [5.74, 6) is -0.514. The second kappa shape index (κ2) is 6.89. The number of likely N-dealkylation sites (tertiary alicyclic amines) is 1. The van der Waals surface area contributed by atoms with Gasteiger partial charge in [0.15, 0.2) is 5.82 Å². The third-order valence-electron chi connectivity index (χ3n) is 3.26. The highest BCUT2D eigenvalue weighted by atomic mass is 19.1. The van der Waals surface area contributed by atoms with Crippen LogP contribution in [-0.4, -0.2) is 45.8 Å². The van der Waals surface area contributed by atoms with Gasteiger partial charge in [0, 0.05) is 6.54 Å². The third-order valence-corrected chi connectivity index (χ3v) is 3.26. The number of hydrogen-bond donors (Lipinski definition) is 0. The van der Waals surface area contributed by atoms with Gasteiger partial charge in [-0.05, 0) is 40.0 Å². The monoisotopic (exact) mass is 311 g/mol.